The Bertz CT molecular complexity index is 512. The predicted octanol–water partition coefficient (Wildman–Crippen LogP) is -0.110. The highest BCUT2D eigenvalue weighted by Gasteiger charge is 2.62. The summed E-state index contributed by atoms with van der Waals surface area (Å²) in [4.78, 5) is 0. The van der Waals surface area contributed by atoms with E-state index in [0.29, 0.717) is 16.7 Å². The van der Waals surface area contributed by atoms with E-state index in [1.807, 2.05) is 13.8 Å². The second kappa shape index (κ2) is 8.38. The van der Waals surface area contributed by atoms with Crippen LogP contribution in [0.1, 0.15) is 27.2 Å². The van der Waals surface area contributed by atoms with Gasteiger partial charge in [-0.3, -0.25) is 0 Å². The first kappa shape index (κ1) is 21.0. The van der Waals surface area contributed by atoms with Crippen LogP contribution in [0.25, 0.3) is 0 Å². The average Bonchev–Trinajstić information content (AvgIpc) is 2.85. The first-order valence-corrected chi connectivity index (χ1v) is 8.36. The van der Waals surface area contributed by atoms with Gasteiger partial charge in [-0.25, -0.2) is 0 Å². The molecule has 6 nitrogen and oxygen atoms in total. The van der Waals surface area contributed by atoms with Crippen molar-refractivity contribution in [2.24, 2.45) is 11.8 Å². The molecule has 0 saturated heterocycles. The molecule has 24 heavy (non-hydrogen) atoms. The van der Waals surface area contributed by atoms with Gasteiger partial charge in [0.05, 0.1) is 12.7 Å². The van der Waals surface area contributed by atoms with Crippen molar-refractivity contribution in [2.75, 3.05) is 13.2 Å². The van der Waals surface area contributed by atoms with Crippen LogP contribution in [0.2, 0.25) is 0 Å². The number of aliphatic hydroxyl groups is 6. The zero-order chi connectivity index (χ0) is 18.7. The number of hydrogen-bond donors (Lipinski definition) is 6. The third kappa shape index (κ3) is 3.22. The number of rotatable bonds is 3. The number of hydrogen-bond acceptors (Lipinski definition) is 6. The Morgan fingerprint density at radius 2 is 1.79 bits per heavy atom. The summed E-state index contributed by atoms with van der Waals surface area (Å²) in [6.07, 6.45) is -0.993. The molecular weight excluding hydrogens is 312 g/mol. The third-order valence-electron chi connectivity index (χ3n) is 5.02. The van der Waals surface area contributed by atoms with Gasteiger partial charge in [-0.05, 0) is 30.1 Å². The molecule has 0 aromatic rings. The molecule has 6 atom stereocenters. The van der Waals surface area contributed by atoms with Crippen LogP contribution < -0.4 is 0 Å². The number of fused-ring (bicyclic) bond motifs is 1. The molecule has 0 radical (unpaired) electrons. The fourth-order valence-corrected chi connectivity index (χ4v) is 3.67. The maximum absolute atomic E-state index is 11.1. The molecule has 6 N–H and O–H groups in total. The minimum atomic E-state index is -1.81. The first-order chi connectivity index (χ1) is 11.3. The third-order valence-corrected chi connectivity index (χ3v) is 5.02. The van der Waals surface area contributed by atoms with Crippen LogP contribution in [0.5, 0.6) is 0 Å². The number of allylic oxidation sites excluding steroid dienone is 1. The Kier molecular flexibility index (Phi) is 7.34. The van der Waals surface area contributed by atoms with Crippen molar-refractivity contribution in [2.45, 2.75) is 51.1 Å². The lowest BCUT2D eigenvalue weighted by atomic mass is 9.65. The van der Waals surface area contributed by atoms with Crippen LogP contribution in [0.3, 0.4) is 0 Å². The Morgan fingerprint density at radius 3 is 2.25 bits per heavy atom. The Labute approximate surface area is 143 Å². The normalized spacial score (nSPS) is 41.0. The van der Waals surface area contributed by atoms with Gasteiger partial charge in [-0.15, -0.1) is 0 Å². The minimum absolute atomic E-state index is 0.237. The van der Waals surface area contributed by atoms with E-state index >= 15 is 0 Å². The Hall–Kier alpha value is -1.02. The molecule has 2 rings (SSSR count). The molecule has 0 amide bonds. The van der Waals surface area contributed by atoms with Crippen molar-refractivity contribution < 1.29 is 30.6 Å². The summed E-state index contributed by atoms with van der Waals surface area (Å²) in [5, 5.41) is 60.3. The fourth-order valence-electron chi connectivity index (χ4n) is 3.67. The molecule has 138 valence electrons. The van der Waals surface area contributed by atoms with Gasteiger partial charge in [0.2, 0.25) is 0 Å². The second-order valence-corrected chi connectivity index (χ2v) is 6.09. The van der Waals surface area contributed by atoms with Gasteiger partial charge in [-0.2, -0.15) is 0 Å². The van der Waals surface area contributed by atoms with Crippen LogP contribution >= 0.6 is 0 Å². The zero-order valence-electron chi connectivity index (χ0n) is 14.6. The second-order valence-electron chi connectivity index (χ2n) is 6.09. The highest BCUT2D eigenvalue weighted by atomic mass is 16.4. The smallest absolute Gasteiger partial charge is 0.122 e. The molecule has 2 aliphatic carbocycles. The monoisotopic (exact) mass is 342 g/mol. The maximum atomic E-state index is 11.1. The summed E-state index contributed by atoms with van der Waals surface area (Å²) in [5.74, 6) is -1.42. The largest absolute Gasteiger partial charge is 0.396 e. The predicted molar refractivity (Wildman–Crippen MR) is 91.1 cm³/mol. The maximum Gasteiger partial charge on any atom is 0.122 e. The summed E-state index contributed by atoms with van der Waals surface area (Å²) in [6, 6.07) is 0. The lowest BCUT2D eigenvalue weighted by Gasteiger charge is -2.48. The van der Waals surface area contributed by atoms with E-state index in [0.717, 1.165) is 0 Å². The van der Waals surface area contributed by atoms with Gasteiger partial charge in [-0.1, -0.05) is 32.6 Å². The van der Waals surface area contributed by atoms with Gasteiger partial charge in [0.25, 0.3) is 0 Å². The van der Waals surface area contributed by atoms with E-state index in [4.69, 9.17) is 0 Å². The molecule has 0 aromatic carbocycles. The topological polar surface area (TPSA) is 121 Å². The average molecular weight is 342 g/mol. The van der Waals surface area contributed by atoms with Crippen molar-refractivity contribution in [1.82, 2.24) is 0 Å². The Balaban J connectivity index is 0.00000139. The lowest BCUT2D eigenvalue weighted by Crippen LogP contribution is -2.65. The molecule has 0 heterocycles. The van der Waals surface area contributed by atoms with Crippen LogP contribution in [-0.2, 0) is 0 Å². The van der Waals surface area contributed by atoms with E-state index in [1.54, 1.807) is 19.1 Å². The minimum Gasteiger partial charge on any atom is -0.396 e. The summed E-state index contributed by atoms with van der Waals surface area (Å²) in [7, 11) is 0. The van der Waals surface area contributed by atoms with Gasteiger partial charge >= 0.3 is 0 Å². The van der Waals surface area contributed by atoms with Crippen LogP contribution in [-0.4, -0.2) is 67.8 Å². The molecule has 0 aromatic heterocycles. The van der Waals surface area contributed by atoms with Crippen LogP contribution in [0, 0.1) is 11.8 Å². The van der Waals surface area contributed by atoms with Crippen LogP contribution in [0.4, 0.5) is 0 Å². The van der Waals surface area contributed by atoms with Crippen molar-refractivity contribution in [3.63, 3.8) is 0 Å². The molecule has 0 aliphatic heterocycles. The summed E-state index contributed by atoms with van der Waals surface area (Å²) >= 11 is 0. The molecular formula is C18H30O6. The van der Waals surface area contributed by atoms with Crippen molar-refractivity contribution in [3.05, 3.63) is 35.5 Å². The van der Waals surface area contributed by atoms with Crippen molar-refractivity contribution in [1.29, 1.82) is 0 Å². The molecule has 2 saturated carbocycles. The fraction of sp³-hybridized carbons (Fsp3) is 0.667. The zero-order valence-corrected chi connectivity index (χ0v) is 14.6. The van der Waals surface area contributed by atoms with E-state index in [-0.39, 0.29) is 13.0 Å². The number of aliphatic hydroxyl groups excluding tert-OH is 5. The van der Waals surface area contributed by atoms with E-state index in [1.165, 1.54) is 0 Å². The van der Waals surface area contributed by atoms with Crippen molar-refractivity contribution in [3.8, 4) is 0 Å². The van der Waals surface area contributed by atoms with Crippen LogP contribution in [0.15, 0.2) is 35.5 Å². The first-order valence-electron chi connectivity index (χ1n) is 8.36. The van der Waals surface area contributed by atoms with E-state index < -0.39 is 42.4 Å². The standard InChI is InChI=1S/C16H24O6.C2H6/c1-3-9(6-17)5-11-8(2)4-12-10(7-18)13(19)14(20)15(21)16(11,12)22;1-2/h3,5,10,12-15,17-22H,2,4,6-7H2,1H3;1-2H3/b9-3+,11-5+;. The molecule has 0 spiro atoms. The van der Waals surface area contributed by atoms with E-state index in [2.05, 4.69) is 6.58 Å². The highest BCUT2D eigenvalue weighted by molar-refractivity contribution is 5.49. The van der Waals surface area contributed by atoms with Crippen molar-refractivity contribution >= 4 is 0 Å². The van der Waals surface area contributed by atoms with Gasteiger partial charge < -0.3 is 30.6 Å². The van der Waals surface area contributed by atoms with Gasteiger partial charge in [0, 0.05) is 18.4 Å². The molecule has 6 heteroatoms. The summed E-state index contributed by atoms with van der Waals surface area (Å²) in [5.41, 5.74) is -0.388. The molecule has 2 fully saturated rings. The SMILES string of the molecule is C=C1CC2C(CO)C(O)C(O)C(O)C2(O)/C1=C/C(=C\C)CO.CC. The summed E-state index contributed by atoms with van der Waals surface area (Å²) in [6.45, 7) is 8.96. The molecule has 0 bridgehead atoms. The van der Waals surface area contributed by atoms with E-state index in [9.17, 15) is 30.6 Å². The highest BCUT2D eigenvalue weighted by Crippen LogP contribution is 2.53. The van der Waals surface area contributed by atoms with Gasteiger partial charge in [0.15, 0.2) is 0 Å². The molecule has 2 aliphatic rings. The lowest BCUT2D eigenvalue weighted by molar-refractivity contribution is -0.216. The van der Waals surface area contributed by atoms with Gasteiger partial charge in [0.1, 0.15) is 17.8 Å². The quantitative estimate of drug-likeness (QED) is 0.426. The Morgan fingerprint density at radius 1 is 1.21 bits per heavy atom. The summed E-state index contributed by atoms with van der Waals surface area (Å²) < 4.78 is 0. The molecule has 6 unspecified atom stereocenters.